The molecule has 21 heavy (non-hydrogen) atoms. The molecule has 2 rings (SSSR count). The van der Waals surface area contributed by atoms with Crippen LogP contribution in [0.3, 0.4) is 0 Å². The van der Waals surface area contributed by atoms with Crippen molar-refractivity contribution in [3.8, 4) is 0 Å². The summed E-state index contributed by atoms with van der Waals surface area (Å²) >= 11 is 0. The summed E-state index contributed by atoms with van der Waals surface area (Å²) in [5, 5.41) is 3.51. The number of carbonyl (C=O) groups is 1. The van der Waals surface area contributed by atoms with Gasteiger partial charge in [-0.25, -0.2) is 0 Å². The van der Waals surface area contributed by atoms with Gasteiger partial charge in [-0.15, -0.1) is 0 Å². The molecule has 1 heterocycles. The normalized spacial score (nSPS) is 25.2. The minimum absolute atomic E-state index is 0.00653. The number of nitrogens with zero attached hydrogens (tertiary/aromatic N) is 1. The Labute approximate surface area is 128 Å². The standard InChI is InChI=1S/C18H28N2O/c1-6-13(4)14(5)20-17(19-16(7-2)18(20)21)15-10-8-12(3)9-11-15/h8-11,13-14,16-17,19H,6-7H2,1-5H3. The molecule has 3 nitrogen and oxygen atoms in total. The lowest BCUT2D eigenvalue weighted by Crippen LogP contribution is -2.41. The van der Waals surface area contributed by atoms with E-state index in [2.05, 4.69) is 69.1 Å². The number of hydrogen-bond acceptors (Lipinski definition) is 2. The molecule has 1 aromatic rings. The van der Waals surface area contributed by atoms with Gasteiger partial charge in [0.05, 0.1) is 6.04 Å². The van der Waals surface area contributed by atoms with Crippen molar-refractivity contribution in [3.63, 3.8) is 0 Å². The maximum absolute atomic E-state index is 12.7. The number of carbonyl (C=O) groups excluding carboxylic acids is 1. The molecule has 4 unspecified atom stereocenters. The minimum Gasteiger partial charge on any atom is -0.319 e. The van der Waals surface area contributed by atoms with Crippen LogP contribution in [0.2, 0.25) is 0 Å². The van der Waals surface area contributed by atoms with Gasteiger partial charge in [-0.05, 0) is 31.7 Å². The highest BCUT2D eigenvalue weighted by molar-refractivity contribution is 5.84. The van der Waals surface area contributed by atoms with Gasteiger partial charge >= 0.3 is 0 Å². The minimum atomic E-state index is -0.0530. The molecule has 1 aliphatic heterocycles. The highest BCUT2D eigenvalue weighted by atomic mass is 16.2. The number of aryl methyl sites for hydroxylation is 1. The van der Waals surface area contributed by atoms with Crippen LogP contribution in [0.5, 0.6) is 0 Å². The van der Waals surface area contributed by atoms with Gasteiger partial charge in [0.1, 0.15) is 6.17 Å². The molecule has 1 aromatic carbocycles. The van der Waals surface area contributed by atoms with Crippen molar-refractivity contribution < 1.29 is 4.79 Å². The first-order valence-corrected chi connectivity index (χ1v) is 8.14. The molecule has 116 valence electrons. The van der Waals surface area contributed by atoms with Crippen LogP contribution in [0, 0.1) is 12.8 Å². The fourth-order valence-electron chi connectivity index (χ4n) is 3.00. The first-order chi connectivity index (χ1) is 9.99. The first-order valence-electron chi connectivity index (χ1n) is 8.14. The Kier molecular flexibility index (Phi) is 5.04. The second-order valence-corrected chi connectivity index (χ2v) is 6.31. The molecule has 0 aliphatic carbocycles. The Bertz CT molecular complexity index is 482. The molecule has 0 saturated carbocycles. The summed E-state index contributed by atoms with van der Waals surface area (Å²) in [7, 11) is 0. The largest absolute Gasteiger partial charge is 0.319 e. The van der Waals surface area contributed by atoms with Crippen molar-refractivity contribution in [3.05, 3.63) is 35.4 Å². The molecule has 1 aliphatic rings. The Hall–Kier alpha value is -1.35. The number of amides is 1. The Morgan fingerprint density at radius 2 is 1.81 bits per heavy atom. The lowest BCUT2D eigenvalue weighted by atomic mass is 9.98. The Balaban J connectivity index is 2.32. The predicted octanol–water partition coefficient (Wildman–Crippen LogP) is 3.64. The maximum Gasteiger partial charge on any atom is 0.241 e. The third kappa shape index (κ3) is 3.13. The van der Waals surface area contributed by atoms with E-state index < -0.39 is 0 Å². The van der Waals surface area contributed by atoms with E-state index >= 15 is 0 Å². The number of rotatable bonds is 5. The zero-order chi connectivity index (χ0) is 15.6. The molecule has 1 fully saturated rings. The average molecular weight is 288 g/mol. The third-order valence-corrected chi connectivity index (χ3v) is 4.90. The van der Waals surface area contributed by atoms with E-state index in [4.69, 9.17) is 0 Å². The van der Waals surface area contributed by atoms with Crippen LogP contribution in [0.25, 0.3) is 0 Å². The van der Waals surface area contributed by atoms with Crippen molar-refractivity contribution in [2.24, 2.45) is 5.92 Å². The van der Waals surface area contributed by atoms with Crippen LogP contribution in [0.4, 0.5) is 0 Å². The Morgan fingerprint density at radius 1 is 1.19 bits per heavy atom. The van der Waals surface area contributed by atoms with Crippen LogP contribution < -0.4 is 5.32 Å². The lowest BCUT2D eigenvalue weighted by molar-refractivity contribution is -0.133. The summed E-state index contributed by atoms with van der Waals surface area (Å²) in [5.74, 6) is 0.746. The molecule has 0 aromatic heterocycles. The molecular formula is C18H28N2O. The summed E-state index contributed by atoms with van der Waals surface area (Å²) < 4.78 is 0. The summed E-state index contributed by atoms with van der Waals surface area (Å²) in [5.41, 5.74) is 2.43. The smallest absolute Gasteiger partial charge is 0.241 e. The predicted molar refractivity (Wildman–Crippen MR) is 86.9 cm³/mol. The highest BCUT2D eigenvalue weighted by Gasteiger charge is 2.41. The van der Waals surface area contributed by atoms with E-state index in [9.17, 15) is 4.79 Å². The molecule has 0 spiro atoms. The fraction of sp³-hybridized carbons (Fsp3) is 0.611. The van der Waals surface area contributed by atoms with Gasteiger partial charge in [0.15, 0.2) is 0 Å². The van der Waals surface area contributed by atoms with Crippen LogP contribution >= 0.6 is 0 Å². The van der Waals surface area contributed by atoms with Crippen molar-refractivity contribution in [1.29, 1.82) is 0 Å². The van der Waals surface area contributed by atoms with Gasteiger partial charge in [-0.2, -0.15) is 0 Å². The number of hydrogen-bond donors (Lipinski definition) is 1. The molecule has 1 amide bonds. The topological polar surface area (TPSA) is 32.3 Å². The van der Waals surface area contributed by atoms with Gasteiger partial charge in [-0.3, -0.25) is 10.1 Å². The van der Waals surface area contributed by atoms with Crippen LogP contribution in [-0.4, -0.2) is 22.9 Å². The van der Waals surface area contributed by atoms with Gasteiger partial charge < -0.3 is 4.90 Å². The van der Waals surface area contributed by atoms with Gasteiger partial charge in [0.25, 0.3) is 0 Å². The summed E-state index contributed by atoms with van der Waals surface area (Å²) in [6.45, 7) is 10.7. The molecule has 0 radical (unpaired) electrons. The van der Waals surface area contributed by atoms with E-state index in [1.54, 1.807) is 0 Å². The van der Waals surface area contributed by atoms with Crippen LogP contribution in [-0.2, 0) is 4.79 Å². The van der Waals surface area contributed by atoms with E-state index in [0.29, 0.717) is 5.92 Å². The van der Waals surface area contributed by atoms with E-state index in [1.807, 2.05) is 0 Å². The van der Waals surface area contributed by atoms with Gasteiger partial charge in [-0.1, -0.05) is 57.0 Å². The molecule has 3 heteroatoms. The second-order valence-electron chi connectivity index (χ2n) is 6.31. The zero-order valence-electron chi connectivity index (χ0n) is 13.9. The molecule has 1 saturated heterocycles. The fourth-order valence-corrected chi connectivity index (χ4v) is 3.00. The maximum atomic E-state index is 12.7. The number of nitrogens with one attached hydrogen (secondary N) is 1. The lowest BCUT2D eigenvalue weighted by Gasteiger charge is -2.34. The molecule has 1 N–H and O–H groups in total. The third-order valence-electron chi connectivity index (χ3n) is 4.90. The zero-order valence-corrected chi connectivity index (χ0v) is 13.9. The first kappa shape index (κ1) is 16.0. The van der Waals surface area contributed by atoms with E-state index in [-0.39, 0.29) is 24.2 Å². The van der Waals surface area contributed by atoms with Gasteiger partial charge in [0.2, 0.25) is 5.91 Å². The highest BCUT2D eigenvalue weighted by Crippen LogP contribution is 2.31. The summed E-state index contributed by atoms with van der Waals surface area (Å²) in [4.78, 5) is 14.8. The summed E-state index contributed by atoms with van der Waals surface area (Å²) in [6.07, 6.45) is 1.93. The Morgan fingerprint density at radius 3 is 2.33 bits per heavy atom. The number of benzene rings is 1. The van der Waals surface area contributed by atoms with Crippen molar-refractivity contribution >= 4 is 5.91 Å². The van der Waals surface area contributed by atoms with E-state index in [1.165, 1.54) is 11.1 Å². The molecule has 4 atom stereocenters. The van der Waals surface area contributed by atoms with Crippen molar-refractivity contribution in [1.82, 2.24) is 10.2 Å². The van der Waals surface area contributed by atoms with Crippen molar-refractivity contribution in [2.45, 2.75) is 65.7 Å². The quantitative estimate of drug-likeness (QED) is 0.897. The molecular weight excluding hydrogens is 260 g/mol. The van der Waals surface area contributed by atoms with E-state index in [0.717, 1.165) is 12.8 Å². The second kappa shape index (κ2) is 6.61. The van der Waals surface area contributed by atoms with Crippen LogP contribution in [0.15, 0.2) is 24.3 Å². The molecule has 0 bridgehead atoms. The van der Waals surface area contributed by atoms with Crippen molar-refractivity contribution in [2.75, 3.05) is 0 Å². The average Bonchev–Trinajstić information content (AvgIpc) is 2.83. The SMILES string of the molecule is CCC1NC(c2ccc(C)cc2)N(C(C)C(C)CC)C1=O. The van der Waals surface area contributed by atoms with Gasteiger partial charge in [0, 0.05) is 6.04 Å². The van der Waals surface area contributed by atoms with Crippen LogP contribution in [0.1, 0.15) is 57.8 Å². The monoisotopic (exact) mass is 288 g/mol. The summed E-state index contributed by atoms with van der Waals surface area (Å²) in [6, 6.07) is 8.70.